The lowest BCUT2D eigenvalue weighted by Crippen LogP contribution is -2.22. The van der Waals surface area contributed by atoms with E-state index in [1.54, 1.807) is 6.92 Å². The molecule has 112 valence electrons. The number of hydrogen-bond donors (Lipinski definition) is 1. The van der Waals surface area contributed by atoms with Gasteiger partial charge in [-0.2, -0.15) is 5.26 Å². The highest BCUT2D eigenvalue weighted by Crippen LogP contribution is 2.22. The van der Waals surface area contributed by atoms with Crippen molar-refractivity contribution in [2.45, 2.75) is 20.8 Å². The highest BCUT2D eigenvalue weighted by Gasteiger charge is 2.15. The lowest BCUT2D eigenvalue weighted by molar-refractivity contribution is 0.421. The van der Waals surface area contributed by atoms with Crippen LogP contribution in [0.25, 0.3) is 0 Å². The molecular formula is C17H17N3O2. The van der Waals surface area contributed by atoms with E-state index in [9.17, 15) is 9.90 Å². The number of rotatable bonds is 2. The van der Waals surface area contributed by atoms with Gasteiger partial charge in [0, 0.05) is 13.3 Å². The maximum absolute atomic E-state index is 11.9. The Kier molecular flexibility index (Phi) is 4.13. The standard InChI is InChI=1S/C17H17N3O2/c1-10-5-6-15(11(2)7-10)19-9-14-12(3)13(8-18)16(21)20(4)17(14)22/h5-7,9,22H,1-4H3. The predicted molar refractivity (Wildman–Crippen MR) is 86.0 cm³/mol. The summed E-state index contributed by atoms with van der Waals surface area (Å²) in [5.74, 6) is -0.199. The van der Waals surface area contributed by atoms with Gasteiger partial charge in [0.05, 0.1) is 11.3 Å². The van der Waals surface area contributed by atoms with Crippen LogP contribution in [0.15, 0.2) is 28.0 Å². The van der Waals surface area contributed by atoms with E-state index in [0.29, 0.717) is 11.1 Å². The van der Waals surface area contributed by atoms with Gasteiger partial charge in [-0.25, -0.2) is 0 Å². The van der Waals surface area contributed by atoms with Crippen molar-refractivity contribution in [3.63, 3.8) is 0 Å². The van der Waals surface area contributed by atoms with Gasteiger partial charge < -0.3 is 5.11 Å². The van der Waals surface area contributed by atoms with Crippen LogP contribution >= 0.6 is 0 Å². The summed E-state index contributed by atoms with van der Waals surface area (Å²) >= 11 is 0. The molecule has 5 nitrogen and oxygen atoms in total. The molecule has 0 aliphatic rings. The first-order valence-electron chi connectivity index (χ1n) is 6.80. The van der Waals surface area contributed by atoms with Gasteiger partial charge in [-0.15, -0.1) is 0 Å². The summed E-state index contributed by atoms with van der Waals surface area (Å²) in [6, 6.07) is 7.74. The Bertz CT molecular complexity index is 871. The third kappa shape index (κ3) is 2.63. The fraction of sp³-hybridized carbons (Fsp3) is 0.235. The Balaban J connectivity index is 2.59. The van der Waals surface area contributed by atoms with Crippen LogP contribution < -0.4 is 5.56 Å². The molecule has 2 rings (SSSR count). The third-order valence-corrected chi connectivity index (χ3v) is 3.65. The van der Waals surface area contributed by atoms with E-state index in [2.05, 4.69) is 4.99 Å². The van der Waals surface area contributed by atoms with Crippen LogP contribution in [-0.4, -0.2) is 15.9 Å². The largest absolute Gasteiger partial charge is 0.494 e. The Morgan fingerprint density at radius 3 is 2.59 bits per heavy atom. The van der Waals surface area contributed by atoms with E-state index in [0.717, 1.165) is 21.4 Å². The van der Waals surface area contributed by atoms with Crippen molar-refractivity contribution in [2.75, 3.05) is 0 Å². The van der Waals surface area contributed by atoms with E-state index < -0.39 is 5.56 Å². The Morgan fingerprint density at radius 2 is 2.00 bits per heavy atom. The first-order chi connectivity index (χ1) is 10.4. The molecule has 5 heteroatoms. The smallest absolute Gasteiger partial charge is 0.271 e. The van der Waals surface area contributed by atoms with E-state index in [4.69, 9.17) is 5.26 Å². The molecule has 0 unspecified atom stereocenters. The first-order valence-corrected chi connectivity index (χ1v) is 6.80. The molecule has 0 aliphatic carbocycles. The normalized spacial score (nSPS) is 10.9. The summed E-state index contributed by atoms with van der Waals surface area (Å²) in [7, 11) is 1.42. The average molecular weight is 295 g/mol. The molecule has 0 aliphatic heterocycles. The average Bonchev–Trinajstić information content (AvgIpc) is 2.47. The zero-order valence-corrected chi connectivity index (χ0v) is 13.0. The van der Waals surface area contributed by atoms with Crippen molar-refractivity contribution >= 4 is 11.9 Å². The van der Waals surface area contributed by atoms with Gasteiger partial charge in [-0.05, 0) is 38.0 Å². The summed E-state index contributed by atoms with van der Waals surface area (Å²) in [6.07, 6.45) is 1.49. The van der Waals surface area contributed by atoms with Crippen LogP contribution in [0.1, 0.15) is 27.8 Å². The van der Waals surface area contributed by atoms with Gasteiger partial charge in [-0.1, -0.05) is 17.7 Å². The van der Waals surface area contributed by atoms with E-state index >= 15 is 0 Å². The van der Waals surface area contributed by atoms with Crippen molar-refractivity contribution in [3.8, 4) is 11.9 Å². The lowest BCUT2D eigenvalue weighted by atomic mass is 10.1. The van der Waals surface area contributed by atoms with E-state index in [1.807, 2.05) is 38.1 Å². The molecule has 1 aromatic carbocycles. The van der Waals surface area contributed by atoms with Crippen molar-refractivity contribution in [2.24, 2.45) is 12.0 Å². The van der Waals surface area contributed by atoms with Gasteiger partial charge in [0.1, 0.15) is 11.6 Å². The molecule has 0 radical (unpaired) electrons. The molecule has 0 amide bonds. The fourth-order valence-electron chi connectivity index (χ4n) is 2.28. The van der Waals surface area contributed by atoms with Gasteiger partial charge in [0.15, 0.2) is 0 Å². The molecule has 0 atom stereocenters. The number of aliphatic imine (C=N–C) groups is 1. The van der Waals surface area contributed by atoms with Gasteiger partial charge in [0.2, 0.25) is 5.88 Å². The molecule has 22 heavy (non-hydrogen) atoms. The van der Waals surface area contributed by atoms with Crippen molar-refractivity contribution in [1.29, 1.82) is 5.26 Å². The highest BCUT2D eigenvalue weighted by atomic mass is 16.3. The summed E-state index contributed by atoms with van der Waals surface area (Å²) in [5.41, 5.74) is 3.23. The van der Waals surface area contributed by atoms with Crippen LogP contribution in [0, 0.1) is 32.1 Å². The Hall–Kier alpha value is -2.87. The van der Waals surface area contributed by atoms with Crippen LogP contribution in [0.5, 0.6) is 5.88 Å². The molecule has 0 spiro atoms. The summed E-state index contributed by atoms with van der Waals surface area (Å²) < 4.78 is 1.05. The molecule has 1 heterocycles. The number of nitriles is 1. The molecule has 2 aromatic rings. The number of aromatic hydroxyl groups is 1. The molecule has 1 aromatic heterocycles. The quantitative estimate of drug-likeness (QED) is 0.865. The minimum absolute atomic E-state index is 0.0161. The topological polar surface area (TPSA) is 78.4 Å². The summed E-state index contributed by atoms with van der Waals surface area (Å²) in [4.78, 5) is 16.3. The molecular weight excluding hydrogens is 278 g/mol. The predicted octanol–water partition coefficient (Wildman–Crippen LogP) is 2.64. The van der Waals surface area contributed by atoms with Crippen LogP contribution in [-0.2, 0) is 7.05 Å². The maximum Gasteiger partial charge on any atom is 0.271 e. The minimum Gasteiger partial charge on any atom is -0.494 e. The van der Waals surface area contributed by atoms with Gasteiger partial charge >= 0.3 is 0 Å². The van der Waals surface area contributed by atoms with Crippen molar-refractivity contribution in [1.82, 2.24) is 4.57 Å². The molecule has 0 saturated heterocycles. The Morgan fingerprint density at radius 1 is 1.32 bits per heavy atom. The molecule has 0 saturated carbocycles. The molecule has 0 bridgehead atoms. The number of hydrogen-bond acceptors (Lipinski definition) is 4. The van der Waals surface area contributed by atoms with E-state index in [1.165, 1.54) is 13.3 Å². The number of nitrogens with zero attached hydrogens (tertiary/aromatic N) is 3. The second-order valence-corrected chi connectivity index (χ2v) is 5.26. The zero-order valence-electron chi connectivity index (χ0n) is 13.0. The first kappa shape index (κ1) is 15.5. The maximum atomic E-state index is 11.9. The SMILES string of the molecule is Cc1ccc(N=Cc2c(C)c(C#N)c(=O)n(C)c2O)c(C)c1. The zero-order chi connectivity index (χ0) is 16.4. The number of aromatic nitrogens is 1. The van der Waals surface area contributed by atoms with Crippen LogP contribution in [0.3, 0.4) is 0 Å². The van der Waals surface area contributed by atoms with E-state index in [-0.39, 0.29) is 11.4 Å². The molecule has 1 N–H and O–H groups in total. The highest BCUT2D eigenvalue weighted by molar-refractivity contribution is 5.87. The summed E-state index contributed by atoms with van der Waals surface area (Å²) in [5, 5.41) is 19.2. The monoisotopic (exact) mass is 295 g/mol. The van der Waals surface area contributed by atoms with Crippen molar-refractivity contribution < 1.29 is 5.11 Å². The van der Waals surface area contributed by atoms with Crippen LogP contribution in [0.4, 0.5) is 5.69 Å². The second kappa shape index (κ2) is 5.86. The number of benzene rings is 1. The van der Waals surface area contributed by atoms with Gasteiger partial charge in [-0.3, -0.25) is 14.4 Å². The number of aryl methyl sites for hydroxylation is 2. The number of pyridine rings is 1. The van der Waals surface area contributed by atoms with Gasteiger partial charge in [0.25, 0.3) is 5.56 Å². The molecule has 0 fully saturated rings. The fourth-order valence-corrected chi connectivity index (χ4v) is 2.28. The van der Waals surface area contributed by atoms with Crippen molar-refractivity contribution in [3.05, 3.63) is 56.4 Å². The second-order valence-electron chi connectivity index (χ2n) is 5.26. The Labute approximate surface area is 128 Å². The minimum atomic E-state index is -0.513. The summed E-state index contributed by atoms with van der Waals surface area (Å²) in [6.45, 7) is 5.58. The third-order valence-electron chi connectivity index (χ3n) is 3.65. The lowest BCUT2D eigenvalue weighted by Gasteiger charge is -2.10. The van der Waals surface area contributed by atoms with Crippen LogP contribution in [0.2, 0.25) is 0 Å².